The van der Waals surface area contributed by atoms with E-state index in [1.54, 1.807) is 31.2 Å². The van der Waals surface area contributed by atoms with Crippen LogP contribution < -0.4 is 14.4 Å². The third kappa shape index (κ3) is 8.24. The number of hydrogen-bond acceptors (Lipinski definition) is 5. The highest BCUT2D eigenvalue weighted by atomic mass is 32.2. The zero-order chi connectivity index (χ0) is 26.2. The second kappa shape index (κ2) is 12.5. The standard InChI is InChI=1S/C25H34FN3O5S/c1-6-23(25(31)27-18(3)4)28(16-19-8-10-20(26)11-9-19)24(30)17-29(35(5,32)33)21-12-14-22(15-13-21)34-7-2/h8-15,18,23H,6-7,16-17H2,1-5H3,(H,27,31). The molecule has 10 heteroatoms. The van der Waals surface area contributed by atoms with Gasteiger partial charge in [-0.2, -0.15) is 0 Å². The minimum atomic E-state index is -3.83. The molecule has 0 saturated heterocycles. The summed E-state index contributed by atoms with van der Waals surface area (Å²) in [6.45, 7) is 7.22. The number of anilines is 1. The van der Waals surface area contributed by atoms with Gasteiger partial charge in [-0.15, -0.1) is 0 Å². The van der Waals surface area contributed by atoms with E-state index in [2.05, 4.69) is 5.32 Å². The van der Waals surface area contributed by atoms with E-state index < -0.39 is 34.3 Å². The van der Waals surface area contributed by atoms with Gasteiger partial charge in [-0.3, -0.25) is 13.9 Å². The Morgan fingerprint density at radius 2 is 1.63 bits per heavy atom. The maximum Gasteiger partial charge on any atom is 0.244 e. The van der Waals surface area contributed by atoms with E-state index in [1.165, 1.54) is 29.2 Å². The van der Waals surface area contributed by atoms with Crippen LogP contribution in [0.2, 0.25) is 0 Å². The van der Waals surface area contributed by atoms with Crippen molar-refractivity contribution in [2.75, 3.05) is 23.7 Å². The molecular weight excluding hydrogens is 473 g/mol. The fraction of sp³-hybridized carbons (Fsp3) is 0.440. The Kier molecular flexibility index (Phi) is 10.1. The van der Waals surface area contributed by atoms with Crippen LogP contribution in [0.4, 0.5) is 10.1 Å². The SMILES string of the molecule is CCOc1ccc(N(CC(=O)N(Cc2ccc(F)cc2)C(CC)C(=O)NC(C)C)S(C)(=O)=O)cc1. The zero-order valence-electron chi connectivity index (χ0n) is 20.8. The monoisotopic (exact) mass is 507 g/mol. The van der Waals surface area contributed by atoms with Crippen LogP contribution in [0.3, 0.4) is 0 Å². The van der Waals surface area contributed by atoms with Crippen molar-refractivity contribution in [3.63, 3.8) is 0 Å². The van der Waals surface area contributed by atoms with Crippen LogP contribution in [0.1, 0.15) is 39.7 Å². The Hall–Kier alpha value is -3.14. The van der Waals surface area contributed by atoms with Crippen molar-refractivity contribution in [1.82, 2.24) is 10.2 Å². The average molecular weight is 508 g/mol. The molecule has 0 aliphatic carbocycles. The Bertz CT molecular complexity index is 1090. The van der Waals surface area contributed by atoms with Crippen LogP contribution in [-0.2, 0) is 26.2 Å². The second-order valence-electron chi connectivity index (χ2n) is 8.43. The van der Waals surface area contributed by atoms with E-state index in [0.29, 0.717) is 30.0 Å². The van der Waals surface area contributed by atoms with Crippen molar-refractivity contribution in [2.45, 2.75) is 52.7 Å². The highest BCUT2D eigenvalue weighted by molar-refractivity contribution is 7.92. The van der Waals surface area contributed by atoms with Crippen LogP contribution >= 0.6 is 0 Å². The number of nitrogens with one attached hydrogen (secondary N) is 1. The molecule has 0 aliphatic heterocycles. The number of amides is 2. The van der Waals surface area contributed by atoms with Gasteiger partial charge in [0.05, 0.1) is 18.6 Å². The number of ether oxygens (including phenoxy) is 1. The van der Waals surface area contributed by atoms with Crippen LogP contribution in [-0.4, -0.2) is 56.6 Å². The predicted octanol–water partition coefficient (Wildman–Crippen LogP) is 3.32. The summed E-state index contributed by atoms with van der Waals surface area (Å²) in [5.74, 6) is -0.746. The van der Waals surface area contributed by atoms with Gasteiger partial charge in [0.15, 0.2) is 0 Å². The lowest BCUT2D eigenvalue weighted by Gasteiger charge is -2.33. The van der Waals surface area contributed by atoms with Crippen molar-refractivity contribution >= 4 is 27.5 Å². The second-order valence-corrected chi connectivity index (χ2v) is 10.3. The quantitative estimate of drug-likeness (QED) is 0.476. The number of hydrogen-bond donors (Lipinski definition) is 1. The minimum Gasteiger partial charge on any atom is -0.494 e. The van der Waals surface area contributed by atoms with Crippen LogP contribution in [0.25, 0.3) is 0 Å². The first kappa shape index (κ1) is 28.1. The van der Waals surface area contributed by atoms with Gasteiger partial charge in [0.2, 0.25) is 21.8 Å². The van der Waals surface area contributed by atoms with Crippen molar-refractivity contribution in [3.05, 3.63) is 59.9 Å². The molecule has 2 rings (SSSR count). The first-order valence-electron chi connectivity index (χ1n) is 11.5. The fourth-order valence-corrected chi connectivity index (χ4v) is 4.43. The van der Waals surface area contributed by atoms with E-state index >= 15 is 0 Å². The molecule has 0 aromatic heterocycles. The largest absolute Gasteiger partial charge is 0.494 e. The maximum absolute atomic E-state index is 13.5. The molecule has 0 aliphatic rings. The Labute approximate surface area is 207 Å². The molecule has 0 saturated carbocycles. The topological polar surface area (TPSA) is 96.0 Å². The molecule has 2 aromatic rings. The summed E-state index contributed by atoms with van der Waals surface area (Å²) in [6.07, 6.45) is 1.33. The number of carbonyl (C=O) groups excluding carboxylic acids is 2. The summed E-state index contributed by atoms with van der Waals surface area (Å²) >= 11 is 0. The van der Waals surface area contributed by atoms with E-state index in [1.807, 2.05) is 20.8 Å². The molecule has 192 valence electrons. The van der Waals surface area contributed by atoms with Crippen molar-refractivity contribution in [1.29, 1.82) is 0 Å². The highest BCUT2D eigenvalue weighted by Crippen LogP contribution is 2.23. The molecule has 2 amide bonds. The Morgan fingerprint density at radius 1 is 1.03 bits per heavy atom. The summed E-state index contributed by atoms with van der Waals surface area (Å²) in [4.78, 5) is 27.8. The molecule has 1 unspecified atom stereocenters. The molecule has 1 atom stereocenters. The Morgan fingerprint density at radius 3 is 2.11 bits per heavy atom. The third-order valence-corrected chi connectivity index (χ3v) is 6.34. The number of carbonyl (C=O) groups is 2. The minimum absolute atomic E-state index is 0.0179. The molecule has 0 spiro atoms. The maximum atomic E-state index is 13.5. The van der Waals surface area contributed by atoms with Gasteiger partial charge in [-0.25, -0.2) is 12.8 Å². The molecule has 0 bridgehead atoms. The van der Waals surface area contributed by atoms with E-state index in [-0.39, 0.29) is 18.5 Å². The first-order chi connectivity index (χ1) is 16.5. The summed E-state index contributed by atoms with van der Waals surface area (Å²) in [7, 11) is -3.83. The van der Waals surface area contributed by atoms with Crippen LogP contribution in [0.15, 0.2) is 48.5 Å². The van der Waals surface area contributed by atoms with Gasteiger partial charge in [0, 0.05) is 12.6 Å². The lowest BCUT2D eigenvalue weighted by Crippen LogP contribution is -2.53. The normalized spacial score (nSPS) is 12.2. The van der Waals surface area contributed by atoms with Gasteiger partial charge in [-0.05, 0) is 69.2 Å². The Balaban J connectivity index is 2.40. The van der Waals surface area contributed by atoms with Crippen molar-refractivity contribution in [2.24, 2.45) is 0 Å². The lowest BCUT2D eigenvalue weighted by atomic mass is 10.1. The van der Waals surface area contributed by atoms with Gasteiger partial charge < -0.3 is 15.0 Å². The zero-order valence-corrected chi connectivity index (χ0v) is 21.6. The van der Waals surface area contributed by atoms with Gasteiger partial charge in [-0.1, -0.05) is 19.1 Å². The fourth-order valence-electron chi connectivity index (χ4n) is 3.58. The third-order valence-electron chi connectivity index (χ3n) is 5.20. The molecule has 0 heterocycles. The van der Waals surface area contributed by atoms with E-state index in [9.17, 15) is 22.4 Å². The van der Waals surface area contributed by atoms with Crippen LogP contribution in [0.5, 0.6) is 5.75 Å². The molecule has 8 nitrogen and oxygen atoms in total. The number of halogens is 1. The van der Waals surface area contributed by atoms with E-state index in [4.69, 9.17) is 4.74 Å². The number of sulfonamides is 1. The molecule has 35 heavy (non-hydrogen) atoms. The molecule has 0 fully saturated rings. The highest BCUT2D eigenvalue weighted by Gasteiger charge is 2.32. The predicted molar refractivity (Wildman–Crippen MR) is 134 cm³/mol. The van der Waals surface area contributed by atoms with Gasteiger partial charge >= 0.3 is 0 Å². The van der Waals surface area contributed by atoms with Crippen molar-refractivity contribution in [3.8, 4) is 5.75 Å². The first-order valence-corrected chi connectivity index (χ1v) is 13.4. The summed E-state index contributed by atoms with van der Waals surface area (Å²) in [6, 6.07) is 11.0. The molecule has 2 aromatic carbocycles. The number of nitrogens with zero attached hydrogens (tertiary/aromatic N) is 2. The van der Waals surface area contributed by atoms with Crippen molar-refractivity contribution < 1.29 is 27.1 Å². The molecule has 1 N–H and O–H groups in total. The van der Waals surface area contributed by atoms with Gasteiger partial charge in [0.25, 0.3) is 0 Å². The lowest BCUT2D eigenvalue weighted by molar-refractivity contribution is -0.140. The summed E-state index contributed by atoms with van der Waals surface area (Å²) < 4.78 is 45.1. The van der Waals surface area contributed by atoms with Gasteiger partial charge in [0.1, 0.15) is 24.2 Å². The number of rotatable bonds is 12. The van der Waals surface area contributed by atoms with Crippen LogP contribution in [0, 0.1) is 5.82 Å². The molecule has 0 radical (unpaired) electrons. The average Bonchev–Trinajstić information content (AvgIpc) is 2.78. The summed E-state index contributed by atoms with van der Waals surface area (Å²) in [5, 5.41) is 2.82. The summed E-state index contributed by atoms with van der Waals surface area (Å²) in [5.41, 5.74) is 0.910. The number of benzene rings is 2. The van der Waals surface area contributed by atoms with E-state index in [0.717, 1.165) is 10.6 Å². The smallest absolute Gasteiger partial charge is 0.244 e. The molecular formula is C25H34FN3O5S.